The first-order valence-corrected chi connectivity index (χ1v) is 5.44. The lowest BCUT2D eigenvalue weighted by Crippen LogP contribution is -2.20. The molecule has 3 heteroatoms. The Morgan fingerprint density at radius 3 is 3.13 bits per heavy atom. The minimum Gasteiger partial charge on any atom is -0.494 e. The van der Waals surface area contributed by atoms with Crippen molar-refractivity contribution in [2.75, 3.05) is 19.8 Å². The Bertz CT molecular complexity index is 338. The van der Waals surface area contributed by atoms with Crippen LogP contribution in [0.4, 0.5) is 0 Å². The molecule has 82 valence electrons. The SMILES string of the molecule is CCOc1ccc2c(c1)OCCC2CN. The minimum atomic E-state index is 0.435. The van der Waals surface area contributed by atoms with E-state index in [4.69, 9.17) is 15.2 Å². The molecule has 1 atom stereocenters. The summed E-state index contributed by atoms with van der Waals surface area (Å²) in [5, 5.41) is 0. The summed E-state index contributed by atoms with van der Waals surface area (Å²) in [6.45, 7) is 4.09. The largest absolute Gasteiger partial charge is 0.494 e. The number of fused-ring (bicyclic) bond motifs is 1. The van der Waals surface area contributed by atoms with Gasteiger partial charge in [-0.1, -0.05) is 6.07 Å². The fourth-order valence-electron chi connectivity index (χ4n) is 1.94. The zero-order chi connectivity index (χ0) is 10.7. The predicted octanol–water partition coefficient (Wildman–Crippen LogP) is 1.91. The van der Waals surface area contributed by atoms with Gasteiger partial charge in [0.25, 0.3) is 0 Å². The summed E-state index contributed by atoms with van der Waals surface area (Å²) in [4.78, 5) is 0. The Kier molecular flexibility index (Phi) is 3.11. The van der Waals surface area contributed by atoms with Crippen molar-refractivity contribution in [3.05, 3.63) is 23.8 Å². The van der Waals surface area contributed by atoms with Gasteiger partial charge in [-0.05, 0) is 31.5 Å². The first-order valence-electron chi connectivity index (χ1n) is 5.44. The molecule has 1 heterocycles. The average molecular weight is 207 g/mol. The predicted molar refractivity (Wildman–Crippen MR) is 59.5 cm³/mol. The molecule has 1 aliphatic rings. The fraction of sp³-hybridized carbons (Fsp3) is 0.500. The van der Waals surface area contributed by atoms with Gasteiger partial charge in [-0.3, -0.25) is 0 Å². The van der Waals surface area contributed by atoms with Crippen molar-refractivity contribution in [1.29, 1.82) is 0 Å². The van der Waals surface area contributed by atoms with Crippen LogP contribution >= 0.6 is 0 Å². The van der Waals surface area contributed by atoms with E-state index in [0.29, 0.717) is 19.1 Å². The van der Waals surface area contributed by atoms with E-state index in [0.717, 1.165) is 24.5 Å². The maximum absolute atomic E-state index is 5.73. The summed E-state index contributed by atoms with van der Waals surface area (Å²) in [6, 6.07) is 6.01. The van der Waals surface area contributed by atoms with Crippen molar-refractivity contribution < 1.29 is 9.47 Å². The lowest BCUT2D eigenvalue weighted by molar-refractivity contribution is 0.265. The second-order valence-electron chi connectivity index (χ2n) is 3.70. The van der Waals surface area contributed by atoms with Crippen LogP contribution < -0.4 is 15.2 Å². The molecule has 0 aliphatic carbocycles. The first kappa shape index (κ1) is 10.3. The Labute approximate surface area is 90.2 Å². The molecule has 2 N–H and O–H groups in total. The van der Waals surface area contributed by atoms with Crippen LogP contribution in [0.25, 0.3) is 0 Å². The Morgan fingerprint density at radius 2 is 2.40 bits per heavy atom. The van der Waals surface area contributed by atoms with Crippen LogP contribution in [0.15, 0.2) is 18.2 Å². The summed E-state index contributed by atoms with van der Waals surface area (Å²) in [7, 11) is 0. The number of ether oxygens (including phenoxy) is 2. The number of rotatable bonds is 3. The number of hydrogen-bond acceptors (Lipinski definition) is 3. The van der Waals surface area contributed by atoms with E-state index in [1.165, 1.54) is 5.56 Å². The van der Waals surface area contributed by atoms with Crippen LogP contribution in [0.5, 0.6) is 11.5 Å². The second kappa shape index (κ2) is 4.53. The topological polar surface area (TPSA) is 44.5 Å². The van der Waals surface area contributed by atoms with Crippen LogP contribution in [0.2, 0.25) is 0 Å². The third-order valence-corrected chi connectivity index (χ3v) is 2.74. The van der Waals surface area contributed by atoms with Gasteiger partial charge in [0.1, 0.15) is 11.5 Å². The van der Waals surface area contributed by atoms with Crippen LogP contribution in [-0.2, 0) is 0 Å². The second-order valence-corrected chi connectivity index (χ2v) is 3.70. The van der Waals surface area contributed by atoms with E-state index in [1.807, 2.05) is 19.1 Å². The van der Waals surface area contributed by atoms with Gasteiger partial charge >= 0.3 is 0 Å². The smallest absolute Gasteiger partial charge is 0.126 e. The summed E-state index contributed by atoms with van der Waals surface area (Å²) in [5.74, 6) is 2.24. The molecule has 0 saturated heterocycles. The van der Waals surface area contributed by atoms with Gasteiger partial charge in [-0.15, -0.1) is 0 Å². The molecule has 3 nitrogen and oxygen atoms in total. The monoisotopic (exact) mass is 207 g/mol. The number of nitrogens with two attached hydrogens (primary N) is 1. The summed E-state index contributed by atoms with van der Waals surface area (Å²) < 4.78 is 11.0. The molecule has 2 rings (SSSR count). The number of benzene rings is 1. The molecule has 1 aromatic carbocycles. The van der Waals surface area contributed by atoms with Crippen molar-refractivity contribution in [3.63, 3.8) is 0 Å². The Morgan fingerprint density at radius 1 is 1.53 bits per heavy atom. The van der Waals surface area contributed by atoms with E-state index in [-0.39, 0.29) is 0 Å². The summed E-state index contributed by atoms with van der Waals surface area (Å²) in [6.07, 6.45) is 1.01. The van der Waals surface area contributed by atoms with E-state index >= 15 is 0 Å². The maximum atomic E-state index is 5.73. The third kappa shape index (κ3) is 2.07. The molecule has 1 unspecified atom stereocenters. The van der Waals surface area contributed by atoms with Crippen LogP contribution in [0.1, 0.15) is 24.8 Å². The van der Waals surface area contributed by atoms with Crippen LogP contribution in [-0.4, -0.2) is 19.8 Å². The highest BCUT2D eigenvalue weighted by atomic mass is 16.5. The molecule has 0 fully saturated rings. The molecule has 1 aliphatic heterocycles. The molecule has 0 radical (unpaired) electrons. The maximum Gasteiger partial charge on any atom is 0.126 e. The van der Waals surface area contributed by atoms with Crippen molar-refractivity contribution >= 4 is 0 Å². The van der Waals surface area contributed by atoms with Gasteiger partial charge in [-0.25, -0.2) is 0 Å². The van der Waals surface area contributed by atoms with E-state index in [2.05, 4.69) is 6.07 Å². The highest BCUT2D eigenvalue weighted by Gasteiger charge is 2.20. The molecule has 0 aromatic heterocycles. The van der Waals surface area contributed by atoms with Gasteiger partial charge in [0, 0.05) is 12.0 Å². The zero-order valence-corrected chi connectivity index (χ0v) is 9.03. The zero-order valence-electron chi connectivity index (χ0n) is 9.03. The Balaban J connectivity index is 2.27. The highest BCUT2D eigenvalue weighted by molar-refractivity contribution is 5.44. The van der Waals surface area contributed by atoms with Crippen LogP contribution in [0.3, 0.4) is 0 Å². The molecule has 15 heavy (non-hydrogen) atoms. The third-order valence-electron chi connectivity index (χ3n) is 2.74. The van der Waals surface area contributed by atoms with Gasteiger partial charge in [0.05, 0.1) is 13.2 Å². The highest BCUT2D eigenvalue weighted by Crippen LogP contribution is 2.35. The van der Waals surface area contributed by atoms with Crippen LogP contribution in [0, 0.1) is 0 Å². The van der Waals surface area contributed by atoms with Gasteiger partial charge in [-0.2, -0.15) is 0 Å². The molecule has 0 bridgehead atoms. The number of hydrogen-bond donors (Lipinski definition) is 1. The van der Waals surface area contributed by atoms with Gasteiger partial charge < -0.3 is 15.2 Å². The van der Waals surface area contributed by atoms with E-state index in [1.54, 1.807) is 0 Å². The standard InChI is InChI=1S/C12H17NO2/c1-2-14-10-3-4-11-9(8-13)5-6-15-12(11)7-10/h3-4,7,9H,2,5-6,8,13H2,1H3. The first-order chi connectivity index (χ1) is 7.35. The molecular formula is C12H17NO2. The molecule has 0 saturated carbocycles. The van der Waals surface area contributed by atoms with Crippen molar-refractivity contribution in [1.82, 2.24) is 0 Å². The molecular weight excluding hydrogens is 190 g/mol. The molecule has 0 spiro atoms. The normalized spacial score (nSPS) is 19.2. The summed E-state index contributed by atoms with van der Waals surface area (Å²) >= 11 is 0. The van der Waals surface area contributed by atoms with Crippen molar-refractivity contribution in [2.45, 2.75) is 19.3 Å². The quantitative estimate of drug-likeness (QED) is 0.823. The average Bonchev–Trinajstić information content (AvgIpc) is 2.28. The van der Waals surface area contributed by atoms with Gasteiger partial charge in [0.15, 0.2) is 0 Å². The minimum absolute atomic E-state index is 0.435. The van der Waals surface area contributed by atoms with Gasteiger partial charge in [0.2, 0.25) is 0 Å². The molecule has 1 aromatic rings. The lowest BCUT2D eigenvalue weighted by Gasteiger charge is -2.25. The van der Waals surface area contributed by atoms with E-state index < -0.39 is 0 Å². The van der Waals surface area contributed by atoms with Crippen molar-refractivity contribution in [3.8, 4) is 11.5 Å². The van der Waals surface area contributed by atoms with Crippen molar-refractivity contribution in [2.24, 2.45) is 5.73 Å². The summed E-state index contributed by atoms with van der Waals surface area (Å²) in [5.41, 5.74) is 6.94. The Hall–Kier alpha value is -1.22. The van der Waals surface area contributed by atoms with E-state index in [9.17, 15) is 0 Å². The molecule has 0 amide bonds. The fourth-order valence-corrected chi connectivity index (χ4v) is 1.94. The lowest BCUT2D eigenvalue weighted by atomic mass is 9.93.